The molecule has 0 atom stereocenters. The monoisotopic (exact) mass is 268 g/mol. The van der Waals surface area contributed by atoms with Crippen LogP contribution >= 0.6 is 0 Å². The first-order valence-electron chi connectivity index (χ1n) is 6.13. The van der Waals surface area contributed by atoms with Gasteiger partial charge >= 0.3 is 5.69 Å². The normalized spacial score (nSPS) is 10.6. The minimum absolute atomic E-state index is 0.116. The Morgan fingerprint density at radius 1 is 1.10 bits per heavy atom. The number of carbonyl (C=O) groups is 1. The van der Waals surface area contributed by atoms with Crippen molar-refractivity contribution in [1.82, 2.24) is 14.2 Å². The summed E-state index contributed by atoms with van der Waals surface area (Å²) in [6.07, 6.45) is 1.62. The number of hydrogen-bond acceptors (Lipinski definition) is 3. The molecule has 0 unspecified atom stereocenters. The largest absolute Gasteiger partial charge is 0.350 e. The van der Waals surface area contributed by atoms with E-state index in [4.69, 9.17) is 0 Å². The van der Waals surface area contributed by atoms with E-state index in [1.807, 2.05) is 18.2 Å². The second-order valence-corrected chi connectivity index (χ2v) is 4.28. The summed E-state index contributed by atoms with van der Waals surface area (Å²) < 4.78 is 2.55. The Labute approximate surface area is 114 Å². The lowest BCUT2D eigenvalue weighted by Crippen LogP contribution is -2.28. The Morgan fingerprint density at radius 2 is 1.85 bits per heavy atom. The zero-order valence-electron chi connectivity index (χ0n) is 10.6. The fourth-order valence-electron chi connectivity index (χ4n) is 1.93. The number of para-hydroxylation sites is 1. The molecule has 6 heteroatoms. The van der Waals surface area contributed by atoms with E-state index in [0.29, 0.717) is 11.3 Å². The van der Waals surface area contributed by atoms with Gasteiger partial charge in [0.2, 0.25) is 5.91 Å². The van der Waals surface area contributed by atoms with Crippen LogP contribution in [0.5, 0.6) is 0 Å². The highest BCUT2D eigenvalue weighted by atomic mass is 16.2. The minimum Gasteiger partial charge on any atom is -0.324 e. The van der Waals surface area contributed by atoms with Gasteiger partial charge in [-0.3, -0.25) is 9.20 Å². The number of pyridine rings is 1. The lowest BCUT2D eigenvalue weighted by atomic mass is 10.3. The molecule has 100 valence electrons. The van der Waals surface area contributed by atoms with Crippen molar-refractivity contribution in [3.8, 4) is 0 Å². The first-order chi connectivity index (χ1) is 9.74. The second-order valence-electron chi connectivity index (χ2n) is 4.28. The summed E-state index contributed by atoms with van der Waals surface area (Å²) in [6, 6.07) is 14.3. The van der Waals surface area contributed by atoms with Gasteiger partial charge in [0.25, 0.3) is 0 Å². The topological polar surface area (TPSA) is 68.4 Å². The number of aromatic nitrogens is 3. The summed E-state index contributed by atoms with van der Waals surface area (Å²) in [7, 11) is 0. The molecule has 1 aromatic carbocycles. The van der Waals surface area contributed by atoms with Crippen LogP contribution in [0.25, 0.3) is 5.65 Å². The third-order valence-electron chi connectivity index (χ3n) is 2.84. The van der Waals surface area contributed by atoms with E-state index >= 15 is 0 Å². The molecule has 0 aliphatic rings. The molecule has 0 saturated carbocycles. The Hall–Kier alpha value is -2.89. The molecular weight excluding hydrogens is 256 g/mol. The van der Waals surface area contributed by atoms with Crippen molar-refractivity contribution in [3.05, 3.63) is 65.2 Å². The van der Waals surface area contributed by atoms with Crippen molar-refractivity contribution in [2.75, 3.05) is 5.32 Å². The van der Waals surface area contributed by atoms with Crippen molar-refractivity contribution in [1.29, 1.82) is 0 Å². The highest BCUT2D eigenvalue weighted by Gasteiger charge is 2.10. The molecule has 6 nitrogen and oxygen atoms in total. The lowest BCUT2D eigenvalue weighted by Gasteiger charge is -2.03. The van der Waals surface area contributed by atoms with Gasteiger partial charge in [-0.15, -0.1) is 5.10 Å². The maximum absolute atomic E-state index is 12.0. The van der Waals surface area contributed by atoms with E-state index in [-0.39, 0.29) is 18.1 Å². The smallest absolute Gasteiger partial charge is 0.324 e. The maximum atomic E-state index is 12.0. The fourth-order valence-corrected chi connectivity index (χ4v) is 1.93. The lowest BCUT2D eigenvalue weighted by molar-refractivity contribution is -0.117. The Bertz CT molecular complexity index is 805. The Balaban J connectivity index is 1.81. The van der Waals surface area contributed by atoms with Crippen LogP contribution in [-0.2, 0) is 11.3 Å². The van der Waals surface area contributed by atoms with Crippen LogP contribution in [0.2, 0.25) is 0 Å². The summed E-state index contributed by atoms with van der Waals surface area (Å²) in [5, 5.41) is 6.81. The minimum atomic E-state index is -0.330. The quantitative estimate of drug-likeness (QED) is 0.774. The van der Waals surface area contributed by atoms with Crippen molar-refractivity contribution >= 4 is 17.2 Å². The SMILES string of the molecule is O=C(Cn1nc2ccccn2c1=O)Nc1ccccc1. The maximum Gasteiger partial charge on any atom is 0.350 e. The van der Waals surface area contributed by atoms with Crippen molar-refractivity contribution in [2.45, 2.75) is 6.54 Å². The van der Waals surface area contributed by atoms with Gasteiger partial charge in [0.05, 0.1) is 0 Å². The van der Waals surface area contributed by atoms with E-state index in [9.17, 15) is 9.59 Å². The number of anilines is 1. The van der Waals surface area contributed by atoms with Gasteiger partial charge in [-0.2, -0.15) is 0 Å². The molecule has 2 heterocycles. The predicted molar refractivity (Wildman–Crippen MR) is 74.5 cm³/mol. The van der Waals surface area contributed by atoms with Gasteiger partial charge in [0.15, 0.2) is 5.65 Å². The van der Waals surface area contributed by atoms with Gasteiger partial charge in [0.1, 0.15) is 6.54 Å². The van der Waals surface area contributed by atoms with Gasteiger partial charge in [-0.05, 0) is 24.3 Å². The molecule has 1 N–H and O–H groups in total. The molecule has 3 rings (SSSR count). The van der Waals surface area contributed by atoms with Crippen LogP contribution in [0, 0.1) is 0 Å². The first kappa shape index (κ1) is 12.2. The van der Waals surface area contributed by atoms with Crippen LogP contribution in [0.3, 0.4) is 0 Å². The Kier molecular flexibility index (Phi) is 3.04. The first-order valence-corrected chi connectivity index (χ1v) is 6.13. The van der Waals surface area contributed by atoms with Gasteiger partial charge in [0, 0.05) is 11.9 Å². The average Bonchev–Trinajstić information content (AvgIpc) is 2.77. The number of amides is 1. The second kappa shape index (κ2) is 5.00. The van der Waals surface area contributed by atoms with Crippen LogP contribution in [0.4, 0.5) is 5.69 Å². The Morgan fingerprint density at radius 3 is 2.60 bits per heavy atom. The molecule has 3 aromatic rings. The van der Waals surface area contributed by atoms with Gasteiger partial charge in [-0.25, -0.2) is 9.48 Å². The van der Waals surface area contributed by atoms with Crippen LogP contribution in [0.15, 0.2) is 59.5 Å². The summed E-state index contributed by atoms with van der Waals surface area (Å²) >= 11 is 0. The number of carbonyl (C=O) groups excluding carboxylic acids is 1. The van der Waals surface area contributed by atoms with E-state index in [2.05, 4.69) is 10.4 Å². The van der Waals surface area contributed by atoms with Gasteiger partial charge in [-0.1, -0.05) is 24.3 Å². The molecule has 0 aliphatic carbocycles. The van der Waals surface area contributed by atoms with Crippen molar-refractivity contribution < 1.29 is 4.79 Å². The zero-order chi connectivity index (χ0) is 13.9. The molecule has 0 fully saturated rings. The molecule has 0 saturated heterocycles. The van der Waals surface area contributed by atoms with Crippen LogP contribution in [0.1, 0.15) is 0 Å². The molecule has 0 spiro atoms. The van der Waals surface area contributed by atoms with E-state index < -0.39 is 0 Å². The zero-order valence-corrected chi connectivity index (χ0v) is 10.6. The molecule has 1 amide bonds. The molecule has 20 heavy (non-hydrogen) atoms. The highest BCUT2D eigenvalue weighted by molar-refractivity contribution is 5.90. The average molecular weight is 268 g/mol. The summed E-state index contributed by atoms with van der Waals surface area (Å²) in [4.78, 5) is 23.9. The third kappa shape index (κ3) is 2.31. The molecular formula is C14H12N4O2. The van der Waals surface area contributed by atoms with E-state index in [0.717, 1.165) is 4.68 Å². The molecule has 0 bridgehead atoms. The summed E-state index contributed by atoms with van der Waals surface area (Å²) in [5.41, 5.74) is 0.878. The summed E-state index contributed by atoms with van der Waals surface area (Å²) in [5.74, 6) is -0.290. The number of rotatable bonds is 3. The fraction of sp³-hybridized carbons (Fsp3) is 0.0714. The third-order valence-corrected chi connectivity index (χ3v) is 2.84. The van der Waals surface area contributed by atoms with Crippen molar-refractivity contribution in [2.24, 2.45) is 0 Å². The molecule has 0 radical (unpaired) electrons. The number of benzene rings is 1. The van der Waals surface area contributed by atoms with Crippen molar-refractivity contribution in [3.63, 3.8) is 0 Å². The number of fused-ring (bicyclic) bond motifs is 1. The van der Waals surface area contributed by atoms with Crippen LogP contribution in [-0.4, -0.2) is 20.1 Å². The van der Waals surface area contributed by atoms with E-state index in [1.165, 1.54) is 4.40 Å². The van der Waals surface area contributed by atoms with E-state index in [1.54, 1.807) is 36.5 Å². The molecule has 0 aliphatic heterocycles. The molecule has 2 aromatic heterocycles. The standard InChI is InChI=1S/C14H12N4O2/c19-13(15-11-6-2-1-3-7-11)10-18-14(20)17-9-5-4-8-12(17)16-18/h1-9H,10H2,(H,15,19). The predicted octanol–water partition coefficient (Wildman–Crippen LogP) is 1.13. The number of nitrogens with one attached hydrogen (secondary N) is 1. The van der Waals surface area contributed by atoms with Crippen LogP contribution < -0.4 is 11.0 Å². The summed E-state index contributed by atoms with van der Waals surface area (Å²) in [6.45, 7) is -0.116. The van der Waals surface area contributed by atoms with Gasteiger partial charge < -0.3 is 5.32 Å². The number of hydrogen-bond donors (Lipinski definition) is 1. The number of nitrogens with zero attached hydrogens (tertiary/aromatic N) is 3. The highest BCUT2D eigenvalue weighted by Crippen LogP contribution is 2.04.